The van der Waals surface area contributed by atoms with E-state index in [2.05, 4.69) is 182 Å². The molecule has 0 aliphatic carbocycles. The first-order valence-electron chi connectivity index (χ1n) is 16.7. The summed E-state index contributed by atoms with van der Waals surface area (Å²) >= 11 is 0. The fourth-order valence-electron chi connectivity index (χ4n) is 7.84. The zero-order valence-corrected chi connectivity index (χ0v) is 26.3. The maximum atomic E-state index is 2.44. The van der Waals surface area contributed by atoms with Crippen LogP contribution in [-0.2, 0) is 0 Å². The van der Waals surface area contributed by atoms with Crippen molar-refractivity contribution in [1.82, 2.24) is 0 Å². The van der Waals surface area contributed by atoms with E-state index >= 15 is 0 Å². The smallest absolute Gasteiger partial charge is 0.00199 e. The van der Waals surface area contributed by atoms with Gasteiger partial charge in [-0.25, -0.2) is 0 Å². The molecule has 0 fully saturated rings. The summed E-state index contributed by atoms with van der Waals surface area (Å²) in [5.41, 5.74) is 7.44. The van der Waals surface area contributed by atoms with E-state index in [1.54, 1.807) is 0 Å². The second kappa shape index (κ2) is 10.7. The lowest BCUT2D eigenvalue weighted by Crippen LogP contribution is -1.90. The largest absolute Gasteiger partial charge is 0.0616 e. The van der Waals surface area contributed by atoms with Crippen LogP contribution in [-0.4, -0.2) is 0 Å². The molecular formula is C48H30. The van der Waals surface area contributed by atoms with Crippen LogP contribution in [0.4, 0.5) is 0 Å². The van der Waals surface area contributed by atoms with Gasteiger partial charge < -0.3 is 0 Å². The van der Waals surface area contributed by atoms with Crippen LogP contribution < -0.4 is 0 Å². The minimum Gasteiger partial charge on any atom is -0.0616 e. The Labute approximate surface area is 279 Å². The minimum absolute atomic E-state index is 1.23. The number of hydrogen-bond acceptors (Lipinski definition) is 0. The normalized spacial score (nSPS) is 11.8. The fraction of sp³-hybridized carbons (Fsp3) is 0. The van der Waals surface area contributed by atoms with E-state index in [4.69, 9.17) is 0 Å². The van der Waals surface area contributed by atoms with E-state index in [0.717, 1.165) is 0 Å². The first-order chi connectivity index (χ1) is 23.8. The third kappa shape index (κ3) is 4.24. The molecule has 0 aliphatic heterocycles. The second-order valence-corrected chi connectivity index (χ2v) is 12.9. The summed E-state index contributed by atoms with van der Waals surface area (Å²) < 4.78 is 0. The summed E-state index contributed by atoms with van der Waals surface area (Å²) in [7, 11) is 0. The van der Waals surface area contributed by atoms with E-state index in [0.29, 0.717) is 0 Å². The van der Waals surface area contributed by atoms with E-state index in [1.165, 1.54) is 98.0 Å². The fourth-order valence-corrected chi connectivity index (χ4v) is 7.84. The van der Waals surface area contributed by atoms with Crippen LogP contribution in [0.2, 0.25) is 0 Å². The van der Waals surface area contributed by atoms with E-state index in [-0.39, 0.29) is 0 Å². The highest BCUT2D eigenvalue weighted by Crippen LogP contribution is 2.44. The number of hydrogen-bond donors (Lipinski definition) is 0. The van der Waals surface area contributed by atoms with Gasteiger partial charge in [-0.15, -0.1) is 0 Å². The molecule has 0 heteroatoms. The lowest BCUT2D eigenvalue weighted by atomic mass is 9.86. The van der Waals surface area contributed by atoms with Gasteiger partial charge in [0.15, 0.2) is 0 Å². The summed E-state index contributed by atoms with van der Waals surface area (Å²) in [6.07, 6.45) is 0. The Morgan fingerprint density at radius 2 is 0.688 bits per heavy atom. The predicted octanol–water partition coefficient (Wildman–Crippen LogP) is 13.6. The van der Waals surface area contributed by atoms with Crippen LogP contribution in [0.5, 0.6) is 0 Å². The lowest BCUT2D eigenvalue weighted by molar-refractivity contribution is 1.63. The van der Waals surface area contributed by atoms with Crippen LogP contribution in [0.1, 0.15) is 0 Å². The molecule has 10 aromatic carbocycles. The monoisotopic (exact) mass is 606 g/mol. The number of benzene rings is 10. The van der Waals surface area contributed by atoms with Gasteiger partial charge in [0.2, 0.25) is 0 Å². The van der Waals surface area contributed by atoms with Gasteiger partial charge in [0.1, 0.15) is 0 Å². The summed E-state index contributed by atoms with van der Waals surface area (Å²) in [5.74, 6) is 0. The molecule has 0 radical (unpaired) electrons. The highest BCUT2D eigenvalue weighted by atomic mass is 14.2. The SMILES string of the molecule is c1cc(-c2ccc3ccccc3c2)cc(-c2cc3c4ccccc4c4cc(-c5ccc6ccccc6c5)ccc4c3c3ccccc23)c1. The Hall–Kier alpha value is -6.24. The first kappa shape index (κ1) is 26.9. The Kier molecular flexibility index (Phi) is 5.98. The van der Waals surface area contributed by atoms with Crippen molar-refractivity contribution in [3.63, 3.8) is 0 Å². The zero-order chi connectivity index (χ0) is 31.6. The summed E-state index contributed by atoms with van der Waals surface area (Å²) in [4.78, 5) is 0. The molecule has 48 heavy (non-hydrogen) atoms. The highest BCUT2D eigenvalue weighted by molar-refractivity contribution is 6.33. The molecule has 10 aromatic rings. The molecule has 0 aliphatic rings. The standard InChI is InChI=1S/C48H30/c1-3-12-33-26-36(22-20-31(33)10-1)35-14-9-15-39(28-35)45-30-47-41-17-6-5-16-40(41)46-29-38(37-23-21-32-11-2-4-13-34(32)27-37)24-25-44(46)48(47)43-19-8-7-18-42(43)45/h1-30H. The van der Waals surface area contributed by atoms with E-state index < -0.39 is 0 Å². The van der Waals surface area contributed by atoms with Crippen LogP contribution in [0.3, 0.4) is 0 Å². The minimum atomic E-state index is 1.23. The van der Waals surface area contributed by atoms with Crippen molar-refractivity contribution in [2.75, 3.05) is 0 Å². The molecule has 0 bridgehead atoms. The first-order valence-corrected chi connectivity index (χ1v) is 16.7. The van der Waals surface area contributed by atoms with Gasteiger partial charge in [-0.1, -0.05) is 152 Å². The molecule has 0 spiro atoms. The molecule has 0 N–H and O–H groups in total. The Bertz CT molecular complexity index is 2890. The molecule has 0 saturated carbocycles. The van der Waals surface area contributed by atoms with Crippen LogP contribution in [0.15, 0.2) is 182 Å². The van der Waals surface area contributed by atoms with Crippen molar-refractivity contribution in [2.24, 2.45) is 0 Å². The van der Waals surface area contributed by atoms with Crippen molar-refractivity contribution in [3.8, 4) is 33.4 Å². The predicted molar refractivity (Wildman–Crippen MR) is 208 cm³/mol. The molecule has 0 heterocycles. The van der Waals surface area contributed by atoms with Crippen molar-refractivity contribution >= 4 is 64.6 Å². The van der Waals surface area contributed by atoms with Gasteiger partial charge in [0, 0.05) is 0 Å². The van der Waals surface area contributed by atoms with Crippen LogP contribution in [0, 0.1) is 0 Å². The van der Waals surface area contributed by atoms with Crippen molar-refractivity contribution in [1.29, 1.82) is 0 Å². The van der Waals surface area contributed by atoms with Crippen LogP contribution >= 0.6 is 0 Å². The maximum absolute atomic E-state index is 2.44. The summed E-state index contributed by atoms with van der Waals surface area (Å²) in [5, 5.41) is 15.4. The molecule has 0 atom stereocenters. The zero-order valence-electron chi connectivity index (χ0n) is 26.3. The molecule has 0 aromatic heterocycles. The third-order valence-electron chi connectivity index (χ3n) is 10.2. The van der Waals surface area contributed by atoms with Gasteiger partial charge >= 0.3 is 0 Å². The lowest BCUT2D eigenvalue weighted by Gasteiger charge is -2.17. The quantitative estimate of drug-likeness (QED) is 0.176. The van der Waals surface area contributed by atoms with Crippen LogP contribution in [0.25, 0.3) is 98.0 Å². The summed E-state index contributed by atoms with van der Waals surface area (Å²) in [6, 6.07) is 67.2. The van der Waals surface area contributed by atoms with Gasteiger partial charge in [0.05, 0.1) is 0 Å². The van der Waals surface area contributed by atoms with Crippen molar-refractivity contribution in [2.45, 2.75) is 0 Å². The molecule has 0 unspecified atom stereocenters. The molecule has 222 valence electrons. The molecular weight excluding hydrogens is 577 g/mol. The highest BCUT2D eigenvalue weighted by Gasteiger charge is 2.16. The Morgan fingerprint density at radius 1 is 0.208 bits per heavy atom. The number of rotatable bonds is 3. The summed E-state index contributed by atoms with van der Waals surface area (Å²) in [6.45, 7) is 0. The second-order valence-electron chi connectivity index (χ2n) is 12.9. The van der Waals surface area contributed by atoms with Crippen molar-refractivity contribution < 1.29 is 0 Å². The molecule has 0 amide bonds. The number of fused-ring (bicyclic) bond motifs is 10. The van der Waals surface area contributed by atoms with Gasteiger partial charge in [-0.3, -0.25) is 0 Å². The molecule has 0 nitrogen and oxygen atoms in total. The van der Waals surface area contributed by atoms with Crippen molar-refractivity contribution in [3.05, 3.63) is 182 Å². The molecule has 10 rings (SSSR count). The topological polar surface area (TPSA) is 0 Å². The Balaban J connectivity index is 1.22. The third-order valence-corrected chi connectivity index (χ3v) is 10.2. The Morgan fingerprint density at radius 3 is 1.38 bits per heavy atom. The van der Waals surface area contributed by atoms with E-state index in [1.807, 2.05) is 0 Å². The molecule has 0 saturated heterocycles. The van der Waals surface area contributed by atoms with Gasteiger partial charge in [0.25, 0.3) is 0 Å². The average molecular weight is 607 g/mol. The maximum Gasteiger partial charge on any atom is -0.00199 e. The van der Waals surface area contributed by atoms with Gasteiger partial charge in [-0.2, -0.15) is 0 Å². The average Bonchev–Trinajstić information content (AvgIpc) is 3.17. The van der Waals surface area contributed by atoms with E-state index in [9.17, 15) is 0 Å². The van der Waals surface area contributed by atoms with Gasteiger partial charge in [-0.05, 0) is 128 Å².